The van der Waals surface area contributed by atoms with Gasteiger partial charge >= 0.3 is 0 Å². The third kappa shape index (κ3) is 2.91. The van der Waals surface area contributed by atoms with Crippen LogP contribution in [-0.4, -0.2) is 61.0 Å². The van der Waals surface area contributed by atoms with E-state index in [1.807, 2.05) is 6.92 Å². The molecular weight excluding hydrogens is 436 g/mol. The number of carbonyl (C=O) groups is 3. The number of para-hydroxylation sites is 1. The van der Waals surface area contributed by atoms with Gasteiger partial charge in [-0.25, -0.2) is 0 Å². The molecule has 0 saturated carbocycles. The molecule has 2 atom stereocenters. The van der Waals surface area contributed by atoms with Crippen molar-refractivity contribution in [3.8, 4) is 5.75 Å². The number of nitrogens with zero attached hydrogens (tertiary/aromatic N) is 2. The second-order valence-corrected chi connectivity index (χ2v) is 8.88. The molecule has 3 heterocycles. The number of hydrogen-bond acceptors (Lipinski definition) is 6. The maximum absolute atomic E-state index is 13.9. The van der Waals surface area contributed by atoms with E-state index >= 15 is 0 Å². The van der Waals surface area contributed by atoms with Gasteiger partial charge in [0.05, 0.1) is 18.8 Å². The number of hydrogen-bond donors (Lipinski definition) is 1. The van der Waals surface area contributed by atoms with Crippen LogP contribution in [0.1, 0.15) is 29.5 Å². The SMILES string of the molecule is COc1ccc(/C(O)=C2\C(=O)C(=O)N(CC3CCCO3)C23C(=O)N(C)c2ccccc23)cc1C. The summed E-state index contributed by atoms with van der Waals surface area (Å²) >= 11 is 0. The van der Waals surface area contributed by atoms with Crippen molar-refractivity contribution in [1.82, 2.24) is 4.90 Å². The Bertz CT molecular complexity index is 1250. The molecule has 5 rings (SSSR count). The number of amides is 2. The van der Waals surface area contributed by atoms with Gasteiger partial charge in [0.2, 0.25) is 0 Å². The number of Topliss-reactive ketones (excluding diaryl/α,β-unsaturated/α-hetero) is 1. The highest BCUT2D eigenvalue weighted by atomic mass is 16.5. The number of benzene rings is 2. The summed E-state index contributed by atoms with van der Waals surface area (Å²) in [6.45, 7) is 2.46. The van der Waals surface area contributed by atoms with Gasteiger partial charge in [-0.1, -0.05) is 18.2 Å². The molecule has 0 aliphatic carbocycles. The number of ether oxygens (including phenoxy) is 2. The van der Waals surface area contributed by atoms with Crippen LogP contribution < -0.4 is 9.64 Å². The summed E-state index contributed by atoms with van der Waals surface area (Å²) in [5, 5.41) is 11.5. The Morgan fingerprint density at radius 2 is 1.97 bits per heavy atom. The number of aryl methyl sites for hydroxylation is 1. The molecule has 3 aliphatic heterocycles. The van der Waals surface area contributed by atoms with E-state index in [9.17, 15) is 19.5 Å². The molecule has 0 bridgehead atoms. The first-order valence-electron chi connectivity index (χ1n) is 11.3. The lowest BCUT2D eigenvalue weighted by molar-refractivity contribution is -0.145. The van der Waals surface area contributed by atoms with Gasteiger partial charge in [-0.2, -0.15) is 0 Å². The molecule has 34 heavy (non-hydrogen) atoms. The number of aliphatic hydroxyl groups excluding tert-OH is 1. The van der Waals surface area contributed by atoms with Gasteiger partial charge in [0, 0.05) is 37.0 Å². The van der Waals surface area contributed by atoms with Crippen LogP contribution in [0, 0.1) is 6.92 Å². The Kier molecular flexibility index (Phi) is 5.20. The number of likely N-dealkylation sites (N-methyl/N-ethyl adjacent to an activating group) is 1. The number of aliphatic hydroxyl groups is 1. The molecule has 1 spiro atoms. The first kappa shape index (κ1) is 22.2. The van der Waals surface area contributed by atoms with Crippen LogP contribution in [0.4, 0.5) is 5.69 Å². The van der Waals surface area contributed by atoms with Crippen molar-refractivity contribution < 1.29 is 29.0 Å². The van der Waals surface area contributed by atoms with E-state index < -0.39 is 28.9 Å². The number of methoxy groups -OCH3 is 1. The first-order chi connectivity index (χ1) is 16.3. The summed E-state index contributed by atoms with van der Waals surface area (Å²) in [6, 6.07) is 12.0. The van der Waals surface area contributed by atoms with Crippen molar-refractivity contribution in [3.63, 3.8) is 0 Å². The van der Waals surface area contributed by atoms with Gasteiger partial charge in [0.1, 0.15) is 11.5 Å². The maximum atomic E-state index is 13.9. The van der Waals surface area contributed by atoms with E-state index in [1.54, 1.807) is 56.6 Å². The average Bonchev–Trinajstić information content (AvgIpc) is 3.49. The highest BCUT2D eigenvalue weighted by molar-refractivity contribution is 6.50. The minimum absolute atomic E-state index is 0.0803. The van der Waals surface area contributed by atoms with E-state index in [2.05, 4.69) is 0 Å². The fourth-order valence-electron chi connectivity index (χ4n) is 5.38. The van der Waals surface area contributed by atoms with Crippen LogP contribution in [0.3, 0.4) is 0 Å². The molecule has 2 saturated heterocycles. The third-order valence-corrected chi connectivity index (χ3v) is 7.02. The second kappa shape index (κ2) is 7.99. The number of fused-ring (bicyclic) bond motifs is 2. The van der Waals surface area contributed by atoms with Gasteiger partial charge in [-0.15, -0.1) is 0 Å². The molecule has 2 aromatic carbocycles. The van der Waals surface area contributed by atoms with Gasteiger partial charge < -0.3 is 24.4 Å². The largest absolute Gasteiger partial charge is 0.507 e. The number of anilines is 1. The number of ketones is 1. The zero-order chi connectivity index (χ0) is 24.2. The van der Waals surface area contributed by atoms with Crippen molar-refractivity contribution >= 4 is 29.0 Å². The lowest BCUT2D eigenvalue weighted by Gasteiger charge is -2.35. The Labute approximate surface area is 197 Å². The van der Waals surface area contributed by atoms with Crippen LogP contribution in [0.2, 0.25) is 0 Å². The Morgan fingerprint density at radius 1 is 1.21 bits per heavy atom. The van der Waals surface area contributed by atoms with Crippen LogP contribution in [-0.2, 0) is 24.7 Å². The van der Waals surface area contributed by atoms with Gasteiger partial charge in [-0.3, -0.25) is 14.4 Å². The van der Waals surface area contributed by atoms with Crippen molar-refractivity contribution in [2.45, 2.75) is 31.4 Å². The van der Waals surface area contributed by atoms with Gasteiger partial charge in [-0.05, 0) is 49.6 Å². The van der Waals surface area contributed by atoms with Gasteiger partial charge in [0.25, 0.3) is 17.6 Å². The molecule has 8 heteroatoms. The van der Waals surface area contributed by atoms with Crippen LogP contribution in [0.15, 0.2) is 48.0 Å². The average molecular weight is 463 g/mol. The highest BCUT2D eigenvalue weighted by Gasteiger charge is 2.67. The summed E-state index contributed by atoms with van der Waals surface area (Å²) in [7, 11) is 3.15. The number of carbonyl (C=O) groups excluding carboxylic acids is 3. The minimum atomic E-state index is -1.76. The summed E-state index contributed by atoms with van der Waals surface area (Å²) in [5.41, 5.74) is 0.164. The van der Waals surface area contributed by atoms with E-state index in [-0.39, 0.29) is 18.2 Å². The summed E-state index contributed by atoms with van der Waals surface area (Å²) < 4.78 is 11.1. The third-order valence-electron chi connectivity index (χ3n) is 7.02. The molecule has 1 N–H and O–H groups in total. The van der Waals surface area contributed by atoms with E-state index in [1.165, 1.54) is 9.80 Å². The van der Waals surface area contributed by atoms with Crippen molar-refractivity contribution in [1.29, 1.82) is 0 Å². The summed E-state index contributed by atoms with van der Waals surface area (Å²) in [4.78, 5) is 43.6. The molecule has 0 aromatic heterocycles. The minimum Gasteiger partial charge on any atom is -0.507 e. The van der Waals surface area contributed by atoms with E-state index in [0.29, 0.717) is 29.2 Å². The fourth-order valence-corrected chi connectivity index (χ4v) is 5.38. The maximum Gasteiger partial charge on any atom is 0.296 e. The summed E-state index contributed by atoms with van der Waals surface area (Å²) in [6.07, 6.45) is 1.28. The second-order valence-electron chi connectivity index (χ2n) is 8.88. The summed E-state index contributed by atoms with van der Waals surface area (Å²) in [5.74, 6) is -1.94. The van der Waals surface area contributed by atoms with Crippen molar-refractivity contribution in [2.75, 3.05) is 32.2 Å². The first-order valence-corrected chi connectivity index (χ1v) is 11.3. The number of likely N-dealkylation sites (tertiary alicyclic amines) is 1. The van der Waals surface area contributed by atoms with E-state index in [0.717, 1.165) is 18.4 Å². The smallest absolute Gasteiger partial charge is 0.296 e. The molecule has 3 aliphatic rings. The highest BCUT2D eigenvalue weighted by Crippen LogP contribution is 2.53. The molecular formula is C26H26N2O6. The van der Waals surface area contributed by atoms with Crippen LogP contribution in [0.5, 0.6) is 5.75 Å². The molecule has 0 radical (unpaired) electrons. The molecule has 2 fully saturated rings. The molecule has 2 amide bonds. The predicted octanol–water partition coefficient (Wildman–Crippen LogP) is 2.73. The Morgan fingerprint density at radius 3 is 2.65 bits per heavy atom. The topological polar surface area (TPSA) is 96.4 Å². The zero-order valence-electron chi connectivity index (χ0n) is 19.3. The lowest BCUT2D eigenvalue weighted by atomic mass is 9.81. The zero-order valence-corrected chi connectivity index (χ0v) is 19.3. The molecule has 2 unspecified atom stereocenters. The Hall–Kier alpha value is -3.65. The van der Waals surface area contributed by atoms with Gasteiger partial charge in [0.15, 0.2) is 5.54 Å². The van der Waals surface area contributed by atoms with Crippen LogP contribution >= 0.6 is 0 Å². The quantitative estimate of drug-likeness (QED) is 0.426. The lowest BCUT2D eigenvalue weighted by Crippen LogP contribution is -2.53. The molecule has 2 aromatic rings. The van der Waals surface area contributed by atoms with Crippen LogP contribution in [0.25, 0.3) is 5.76 Å². The van der Waals surface area contributed by atoms with Crippen molar-refractivity contribution in [2.24, 2.45) is 0 Å². The fraction of sp³-hybridized carbons (Fsp3) is 0.346. The normalized spacial score (nSPS) is 25.5. The van der Waals surface area contributed by atoms with Crippen molar-refractivity contribution in [3.05, 3.63) is 64.7 Å². The van der Waals surface area contributed by atoms with E-state index in [4.69, 9.17) is 9.47 Å². The standard InChI is InChI=1S/C26H26N2O6/c1-15-13-16(10-11-20(15)33-3)22(29)21-23(30)24(31)28(14-17-7-6-12-34-17)26(21)18-8-4-5-9-19(18)27(2)25(26)32/h4-5,8-11,13,17,29H,6-7,12,14H2,1-3H3/b22-21-. The molecule has 8 nitrogen and oxygen atoms in total. The number of rotatable bonds is 4. The predicted molar refractivity (Wildman–Crippen MR) is 125 cm³/mol. The monoisotopic (exact) mass is 462 g/mol. The Balaban J connectivity index is 1.78. The molecule has 176 valence electrons.